The van der Waals surface area contributed by atoms with E-state index in [1.165, 1.54) is 0 Å². The molecule has 4 amide bonds. The molecule has 1 aliphatic rings. The quantitative estimate of drug-likeness (QED) is 0.489. The number of para-hydroxylation sites is 1. The Labute approximate surface area is 211 Å². The summed E-state index contributed by atoms with van der Waals surface area (Å²) in [7, 11) is 1.54. The molecule has 2 aromatic rings. The van der Waals surface area contributed by atoms with Gasteiger partial charge in [0.2, 0.25) is 5.91 Å². The number of amides is 4. The molecule has 1 fully saturated rings. The second-order valence-corrected chi connectivity index (χ2v) is 8.60. The maximum atomic E-state index is 13.1. The smallest absolute Gasteiger partial charge is 0.321 e. The molecule has 0 saturated carbocycles. The van der Waals surface area contributed by atoms with Crippen molar-refractivity contribution in [2.75, 3.05) is 20.3 Å². The molecule has 1 aliphatic heterocycles. The van der Waals surface area contributed by atoms with Crippen LogP contribution in [0.5, 0.6) is 5.75 Å². The predicted molar refractivity (Wildman–Crippen MR) is 133 cm³/mol. The number of nitrogens with one attached hydrogen (secondary N) is 2. The Morgan fingerprint density at radius 3 is 2.50 bits per heavy atom. The molecule has 0 spiro atoms. The number of ether oxygens (including phenoxy) is 2. The molecule has 2 N–H and O–H groups in total. The van der Waals surface area contributed by atoms with Crippen LogP contribution >= 0.6 is 0 Å². The maximum Gasteiger partial charge on any atom is 0.321 e. The minimum atomic E-state index is -0.738. The summed E-state index contributed by atoms with van der Waals surface area (Å²) in [6, 6.07) is 15.3. The Kier molecular flexibility index (Phi) is 9.85. The van der Waals surface area contributed by atoms with Gasteiger partial charge in [-0.3, -0.25) is 19.7 Å². The summed E-state index contributed by atoms with van der Waals surface area (Å²) in [5.74, 6) is -1.46. The van der Waals surface area contributed by atoms with Crippen LogP contribution in [0, 0.1) is 5.92 Å². The van der Waals surface area contributed by atoms with E-state index in [9.17, 15) is 19.2 Å². The maximum absolute atomic E-state index is 13.1. The third-order valence-corrected chi connectivity index (χ3v) is 6.11. The Morgan fingerprint density at radius 1 is 1.06 bits per heavy atom. The van der Waals surface area contributed by atoms with Crippen LogP contribution in [0.1, 0.15) is 49.8 Å². The van der Waals surface area contributed by atoms with Crippen molar-refractivity contribution in [3.8, 4) is 5.75 Å². The van der Waals surface area contributed by atoms with E-state index in [0.29, 0.717) is 18.7 Å². The lowest BCUT2D eigenvalue weighted by Gasteiger charge is -2.40. The second kappa shape index (κ2) is 13.3. The minimum absolute atomic E-state index is 0.0313. The van der Waals surface area contributed by atoms with E-state index in [1.807, 2.05) is 55.5 Å². The minimum Gasteiger partial charge on any atom is -0.496 e. The zero-order valence-electron chi connectivity index (χ0n) is 20.7. The molecular formula is C27H33N3O6. The Bertz CT molecular complexity index is 1060. The molecule has 2 atom stereocenters. The molecule has 9 heteroatoms. The number of urea groups is 1. The van der Waals surface area contributed by atoms with E-state index in [-0.39, 0.29) is 18.9 Å². The van der Waals surface area contributed by atoms with Gasteiger partial charge in [-0.1, -0.05) is 61.9 Å². The van der Waals surface area contributed by atoms with Gasteiger partial charge in [0.25, 0.3) is 5.91 Å². The highest BCUT2D eigenvalue weighted by molar-refractivity contribution is 5.95. The summed E-state index contributed by atoms with van der Waals surface area (Å²) in [5, 5.41) is 4.75. The summed E-state index contributed by atoms with van der Waals surface area (Å²) in [6.07, 6.45) is 2.19. The zero-order chi connectivity index (χ0) is 25.9. The first-order valence-corrected chi connectivity index (χ1v) is 12.1. The van der Waals surface area contributed by atoms with E-state index in [2.05, 4.69) is 10.6 Å². The number of methoxy groups -OCH3 is 1. The van der Waals surface area contributed by atoms with Crippen molar-refractivity contribution in [3.05, 3.63) is 65.7 Å². The van der Waals surface area contributed by atoms with Crippen molar-refractivity contribution in [2.24, 2.45) is 5.92 Å². The highest BCUT2D eigenvalue weighted by Gasteiger charge is 2.42. The summed E-state index contributed by atoms with van der Waals surface area (Å²) in [6.45, 7) is 2.19. The van der Waals surface area contributed by atoms with Crippen LogP contribution in [-0.4, -0.2) is 49.0 Å². The highest BCUT2D eigenvalue weighted by Crippen LogP contribution is 2.41. The van der Waals surface area contributed by atoms with Crippen LogP contribution in [0.3, 0.4) is 0 Å². The third-order valence-electron chi connectivity index (χ3n) is 6.11. The van der Waals surface area contributed by atoms with Gasteiger partial charge in [-0.2, -0.15) is 0 Å². The number of hydrogen-bond donors (Lipinski definition) is 2. The lowest BCUT2D eigenvalue weighted by atomic mass is 9.83. The van der Waals surface area contributed by atoms with Crippen molar-refractivity contribution in [2.45, 2.75) is 45.2 Å². The molecule has 3 rings (SSSR count). The van der Waals surface area contributed by atoms with E-state index in [4.69, 9.17) is 9.47 Å². The first-order valence-electron chi connectivity index (χ1n) is 12.1. The molecular weight excluding hydrogens is 462 g/mol. The number of hydrogen-bond acceptors (Lipinski definition) is 6. The number of piperidine rings is 1. The standard InChI is InChI=1S/C27H33N3O6/c1-3-4-16-30-24(32)15-14-21(25(30)20-12-8-9-13-22(20)35-2)26(33)36-18-23(31)29-27(34)28-17-19-10-6-5-7-11-19/h5-13,21,25H,3-4,14-18H2,1-2H3,(H2,28,29,31,34). The number of unbranched alkanes of at least 4 members (excludes halogenated alkanes) is 1. The molecule has 1 heterocycles. The van der Waals surface area contributed by atoms with Crippen LogP contribution in [0.2, 0.25) is 0 Å². The van der Waals surface area contributed by atoms with Gasteiger partial charge in [0, 0.05) is 25.1 Å². The monoisotopic (exact) mass is 495 g/mol. The molecule has 0 aliphatic carbocycles. The van der Waals surface area contributed by atoms with Crippen molar-refractivity contribution in [1.82, 2.24) is 15.5 Å². The van der Waals surface area contributed by atoms with Gasteiger partial charge >= 0.3 is 12.0 Å². The number of esters is 1. The van der Waals surface area contributed by atoms with Gasteiger partial charge in [0.05, 0.1) is 19.1 Å². The fraction of sp³-hybridized carbons (Fsp3) is 0.407. The third kappa shape index (κ3) is 7.07. The summed E-state index contributed by atoms with van der Waals surface area (Å²) < 4.78 is 10.8. The van der Waals surface area contributed by atoms with Crippen LogP contribution < -0.4 is 15.4 Å². The number of benzene rings is 2. The summed E-state index contributed by atoms with van der Waals surface area (Å²) in [4.78, 5) is 51.9. The lowest BCUT2D eigenvalue weighted by Crippen LogP contribution is -2.47. The van der Waals surface area contributed by atoms with Crippen LogP contribution in [0.15, 0.2) is 54.6 Å². The Hall–Kier alpha value is -3.88. The number of nitrogens with zero attached hydrogens (tertiary/aromatic N) is 1. The topological polar surface area (TPSA) is 114 Å². The first kappa shape index (κ1) is 26.7. The van der Waals surface area contributed by atoms with Gasteiger partial charge < -0.3 is 19.7 Å². The van der Waals surface area contributed by atoms with Crippen molar-refractivity contribution in [3.63, 3.8) is 0 Å². The average Bonchev–Trinajstić information content (AvgIpc) is 2.90. The lowest BCUT2D eigenvalue weighted by molar-refractivity contribution is -0.159. The predicted octanol–water partition coefficient (Wildman–Crippen LogP) is 3.34. The van der Waals surface area contributed by atoms with Gasteiger partial charge in [0.15, 0.2) is 6.61 Å². The van der Waals surface area contributed by atoms with E-state index >= 15 is 0 Å². The fourth-order valence-corrected chi connectivity index (χ4v) is 4.32. The molecule has 0 bridgehead atoms. The van der Waals surface area contributed by atoms with E-state index in [0.717, 1.165) is 24.0 Å². The molecule has 9 nitrogen and oxygen atoms in total. The number of imide groups is 1. The van der Waals surface area contributed by atoms with E-state index < -0.39 is 36.5 Å². The Morgan fingerprint density at radius 2 is 1.78 bits per heavy atom. The van der Waals surface area contributed by atoms with Crippen LogP contribution in [0.4, 0.5) is 4.79 Å². The number of rotatable bonds is 10. The first-order chi connectivity index (χ1) is 17.4. The van der Waals surface area contributed by atoms with Gasteiger partial charge in [-0.15, -0.1) is 0 Å². The number of carbonyl (C=O) groups excluding carboxylic acids is 4. The van der Waals surface area contributed by atoms with Gasteiger partial charge in [0.1, 0.15) is 5.75 Å². The van der Waals surface area contributed by atoms with Gasteiger partial charge in [-0.25, -0.2) is 4.79 Å². The molecule has 1 saturated heterocycles. The summed E-state index contributed by atoms with van der Waals surface area (Å²) in [5.41, 5.74) is 1.60. The summed E-state index contributed by atoms with van der Waals surface area (Å²) >= 11 is 0. The normalized spacial score (nSPS) is 17.3. The highest BCUT2D eigenvalue weighted by atomic mass is 16.5. The zero-order valence-corrected chi connectivity index (χ0v) is 20.7. The van der Waals surface area contributed by atoms with Crippen molar-refractivity contribution in [1.29, 1.82) is 0 Å². The van der Waals surface area contributed by atoms with Crippen LogP contribution in [-0.2, 0) is 25.7 Å². The van der Waals surface area contributed by atoms with Crippen molar-refractivity contribution < 1.29 is 28.7 Å². The second-order valence-electron chi connectivity index (χ2n) is 8.60. The number of carbonyl (C=O) groups is 4. The molecule has 36 heavy (non-hydrogen) atoms. The fourth-order valence-electron chi connectivity index (χ4n) is 4.32. The average molecular weight is 496 g/mol. The number of likely N-dealkylation sites (tertiary alicyclic amines) is 1. The van der Waals surface area contributed by atoms with Crippen molar-refractivity contribution >= 4 is 23.8 Å². The van der Waals surface area contributed by atoms with Gasteiger partial charge in [-0.05, 0) is 24.5 Å². The largest absolute Gasteiger partial charge is 0.496 e. The molecule has 0 radical (unpaired) electrons. The van der Waals surface area contributed by atoms with Crippen LogP contribution in [0.25, 0.3) is 0 Å². The molecule has 2 aromatic carbocycles. The molecule has 192 valence electrons. The SMILES string of the molecule is CCCCN1C(=O)CCC(C(=O)OCC(=O)NC(=O)NCc2ccccc2)C1c1ccccc1OC. The Balaban J connectivity index is 1.64. The molecule has 2 unspecified atom stereocenters. The molecule has 0 aromatic heterocycles. The van der Waals surface area contributed by atoms with E-state index in [1.54, 1.807) is 18.1 Å².